The molecule has 122 valence electrons. The molecule has 0 radical (unpaired) electrons. The monoisotopic (exact) mass is 388 g/mol. The van der Waals surface area contributed by atoms with Crippen LogP contribution in [0.1, 0.15) is 21.7 Å². The van der Waals surface area contributed by atoms with E-state index in [0.29, 0.717) is 16.0 Å². The maximum Gasteiger partial charge on any atom is 0.256 e. The van der Waals surface area contributed by atoms with Crippen molar-refractivity contribution in [1.29, 1.82) is 0 Å². The quantitative estimate of drug-likeness (QED) is 0.736. The summed E-state index contributed by atoms with van der Waals surface area (Å²) >= 11 is 3.24. The highest BCUT2D eigenvalue weighted by molar-refractivity contribution is 9.10. The molecular weight excluding hydrogens is 375 g/mol. The normalized spacial score (nSPS) is 10.7. The van der Waals surface area contributed by atoms with Crippen LogP contribution in [0, 0.1) is 19.7 Å². The summed E-state index contributed by atoms with van der Waals surface area (Å²) in [4.78, 5) is 16.6. The van der Waals surface area contributed by atoms with E-state index < -0.39 is 11.7 Å². The second kappa shape index (κ2) is 6.52. The van der Waals surface area contributed by atoms with Crippen molar-refractivity contribution in [2.45, 2.75) is 13.8 Å². The summed E-state index contributed by atoms with van der Waals surface area (Å²) in [5.74, 6) is -0.228. The third-order valence-corrected chi connectivity index (χ3v) is 4.10. The van der Waals surface area contributed by atoms with Gasteiger partial charge in [-0.15, -0.1) is 0 Å². The topological polar surface area (TPSA) is 59.8 Å². The van der Waals surface area contributed by atoms with Gasteiger partial charge in [0, 0.05) is 10.2 Å². The van der Waals surface area contributed by atoms with E-state index in [1.54, 1.807) is 16.8 Å². The molecule has 3 aromatic rings. The molecule has 5 nitrogen and oxygen atoms in total. The molecular formula is C17H14BrFN4O. The average molecular weight is 389 g/mol. The Hall–Kier alpha value is -2.54. The Morgan fingerprint density at radius 3 is 2.62 bits per heavy atom. The molecule has 0 aliphatic rings. The minimum absolute atomic E-state index is 0.220. The fraction of sp³-hybridized carbons (Fsp3) is 0.118. The molecule has 0 fully saturated rings. The Balaban J connectivity index is 1.80. The number of benzene rings is 1. The zero-order valence-corrected chi connectivity index (χ0v) is 14.6. The van der Waals surface area contributed by atoms with Gasteiger partial charge in [-0.1, -0.05) is 0 Å². The molecule has 2 heterocycles. The molecule has 3 rings (SSSR count). The Morgan fingerprint density at radius 2 is 2.00 bits per heavy atom. The zero-order chi connectivity index (χ0) is 17.3. The van der Waals surface area contributed by atoms with Crippen LogP contribution in [0.3, 0.4) is 0 Å². The summed E-state index contributed by atoms with van der Waals surface area (Å²) in [6.45, 7) is 3.85. The number of pyridine rings is 1. The largest absolute Gasteiger partial charge is 0.321 e. The molecule has 7 heteroatoms. The van der Waals surface area contributed by atoms with Crippen LogP contribution in [0.15, 0.2) is 47.1 Å². The lowest BCUT2D eigenvalue weighted by molar-refractivity contribution is 0.102. The number of halogens is 2. The highest BCUT2D eigenvalue weighted by Crippen LogP contribution is 2.20. The van der Waals surface area contributed by atoms with Crippen molar-refractivity contribution in [3.8, 4) is 5.82 Å². The van der Waals surface area contributed by atoms with Crippen LogP contribution in [0.4, 0.5) is 10.1 Å². The highest BCUT2D eigenvalue weighted by Gasteiger charge is 2.12. The summed E-state index contributed by atoms with van der Waals surface area (Å²) in [6.07, 6.45) is 1.54. The fourth-order valence-electron chi connectivity index (χ4n) is 2.32. The van der Waals surface area contributed by atoms with Crippen LogP contribution < -0.4 is 5.32 Å². The lowest BCUT2D eigenvalue weighted by Crippen LogP contribution is -2.13. The summed E-state index contributed by atoms with van der Waals surface area (Å²) < 4.78 is 15.6. The van der Waals surface area contributed by atoms with Crippen LogP contribution >= 0.6 is 15.9 Å². The molecule has 0 saturated heterocycles. The second-order valence-corrected chi connectivity index (χ2v) is 6.18. The van der Waals surface area contributed by atoms with Crippen molar-refractivity contribution in [2.75, 3.05) is 5.32 Å². The molecule has 2 aromatic heterocycles. The Morgan fingerprint density at radius 1 is 1.21 bits per heavy atom. The van der Waals surface area contributed by atoms with Gasteiger partial charge in [-0.3, -0.25) is 4.79 Å². The third-order valence-electron chi connectivity index (χ3n) is 3.41. The van der Waals surface area contributed by atoms with Gasteiger partial charge in [-0.05, 0) is 66.2 Å². The van der Waals surface area contributed by atoms with Gasteiger partial charge in [-0.2, -0.15) is 5.10 Å². The SMILES string of the molecule is Cc1cc(C)n(-c2ccc(NC(=O)c3cc(F)ccc3Br)cn2)n1. The molecule has 0 bridgehead atoms. The molecule has 0 saturated carbocycles. The number of hydrogen-bond acceptors (Lipinski definition) is 3. The fourth-order valence-corrected chi connectivity index (χ4v) is 2.74. The molecule has 0 unspecified atom stereocenters. The number of hydrogen-bond donors (Lipinski definition) is 1. The first kappa shape index (κ1) is 16.3. The molecule has 1 N–H and O–H groups in total. The van der Waals surface area contributed by atoms with Gasteiger partial charge in [0.2, 0.25) is 0 Å². The van der Waals surface area contributed by atoms with Crippen molar-refractivity contribution >= 4 is 27.5 Å². The minimum atomic E-state index is -0.471. The second-order valence-electron chi connectivity index (χ2n) is 5.32. The first-order valence-corrected chi connectivity index (χ1v) is 7.99. The van der Waals surface area contributed by atoms with E-state index >= 15 is 0 Å². The number of nitrogens with zero attached hydrogens (tertiary/aromatic N) is 3. The summed E-state index contributed by atoms with van der Waals surface area (Å²) in [5.41, 5.74) is 2.61. The first-order chi connectivity index (χ1) is 11.4. The number of nitrogens with one attached hydrogen (secondary N) is 1. The number of aryl methyl sites for hydroxylation is 2. The molecule has 1 aromatic carbocycles. The lowest BCUT2D eigenvalue weighted by Gasteiger charge is -2.08. The van der Waals surface area contributed by atoms with Gasteiger partial charge in [-0.25, -0.2) is 14.1 Å². The molecule has 0 spiro atoms. The number of rotatable bonds is 3. The molecule has 1 amide bonds. The van der Waals surface area contributed by atoms with E-state index in [-0.39, 0.29) is 5.56 Å². The van der Waals surface area contributed by atoms with E-state index in [9.17, 15) is 9.18 Å². The Kier molecular flexibility index (Phi) is 4.44. The van der Waals surface area contributed by atoms with E-state index in [1.165, 1.54) is 24.4 Å². The summed E-state index contributed by atoms with van der Waals surface area (Å²) in [5, 5.41) is 7.06. The van der Waals surface area contributed by atoms with Gasteiger partial charge in [0.25, 0.3) is 5.91 Å². The minimum Gasteiger partial charge on any atom is -0.321 e. The predicted octanol–water partition coefficient (Wildman–Crippen LogP) is 4.04. The van der Waals surface area contributed by atoms with Crippen molar-refractivity contribution < 1.29 is 9.18 Å². The smallest absolute Gasteiger partial charge is 0.256 e. The van der Waals surface area contributed by atoms with Crippen molar-refractivity contribution in [3.63, 3.8) is 0 Å². The van der Waals surface area contributed by atoms with Crippen LogP contribution in [0.2, 0.25) is 0 Å². The summed E-state index contributed by atoms with van der Waals surface area (Å²) in [6, 6.07) is 9.40. The number of aromatic nitrogens is 3. The standard InChI is InChI=1S/C17H14BrFN4O/c1-10-7-11(2)23(22-10)16-6-4-13(9-20-16)21-17(24)14-8-12(19)3-5-15(14)18/h3-9H,1-2H3,(H,21,24). The van der Waals surface area contributed by atoms with E-state index in [2.05, 4.69) is 31.3 Å². The van der Waals surface area contributed by atoms with E-state index in [4.69, 9.17) is 0 Å². The van der Waals surface area contributed by atoms with Crippen molar-refractivity contribution in [2.24, 2.45) is 0 Å². The molecule has 0 aliphatic carbocycles. The van der Waals surface area contributed by atoms with Crippen LogP contribution in [0.25, 0.3) is 5.82 Å². The van der Waals surface area contributed by atoms with Crippen molar-refractivity contribution in [1.82, 2.24) is 14.8 Å². The first-order valence-electron chi connectivity index (χ1n) is 7.20. The highest BCUT2D eigenvalue weighted by atomic mass is 79.9. The Labute approximate surface area is 146 Å². The van der Waals surface area contributed by atoms with Crippen LogP contribution in [-0.2, 0) is 0 Å². The molecule has 0 aliphatic heterocycles. The Bertz CT molecular complexity index is 905. The number of amides is 1. The lowest BCUT2D eigenvalue weighted by atomic mass is 10.2. The van der Waals surface area contributed by atoms with Crippen molar-refractivity contribution in [3.05, 3.63) is 69.8 Å². The van der Waals surface area contributed by atoms with Crippen LogP contribution in [-0.4, -0.2) is 20.7 Å². The predicted molar refractivity (Wildman–Crippen MR) is 92.9 cm³/mol. The van der Waals surface area contributed by atoms with Gasteiger partial charge >= 0.3 is 0 Å². The van der Waals surface area contributed by atoms with E-state index in [1.807, 2.05) is 19.9 Å². The van der Waals surface area contributed by atoms with Crippen LogP contribution in [0.5, 0.6) is 0 Å². The molecule has 0 atom stereocenters. The number of carbonyl (C=O) groups excluding carboxylic acids is 1. The number of carbonyl (C=O) groups is 1. The van der Waals surface area contributed by atoms with Gasteiger partial charge in [0.1, 0.15) is 5.82 Å². The summed E-state index contributed by atoms with van der Waals surface area (Å²) in [7, 11) is 0. The molecule has 24 heavy (non-hydrogen) atoms. The maximum atomic E-state index is 13.3. The van der Waals surface area contributed by atoms with Gasteiger partial charge in [0.05, 0.1) is 23.1 Å². The third kappa shape index (κ3) is 3.35. The number of anilines is 1. The maximum absolute atomic E-state index is 13.3. The zero-order valence-electron chi connectivity index (χ0n) is 13.0. The van der Waals surface area contributed by atoms with E-state index in [0.717, 1.165) is 11.4 Å². The van der Waals surface area contributed by atoms with Gasteiger partial charge in [0.15, 0.2) is 5.82 Å². The average Bonchev–Trinajstić information content (AvgIpc) is 2.89. The van der Waals surface area contributed by atoms with Gasteiger partial charge < -0.3 is 5.32 Å².